The van der Waals surface area contributed by atoms with Crippen molar-refractivity contribution in [3.8, 4) is 0 Å². The molecule has 0 fully saturated rings. The summed E-state index contributed by atoms with van der Waals surface area (Å²) in [7, 11) is 0. The Hall–Kier alpha value is -1.91. The number of hydrogen-bond donors (Lipinski definition) is 1. The number of rotatable bonds is 2. The van der Waals surface area contributed by atoms with E-state index in [2.05, 4.69) is 5.32 Å². The number of carbonyl (C=O) groups excluding carboxylic acids is 2. The van der Waals surface area contributed by atoms with E-state index >= 15 is 0 Å². The van der Waals surface area contributed by atoms with Crippen LogP contribution in [-0.4, -0.2) is 11.7 Å². The number of para-hydroxylation sites is 1. The molecular formula is C14H8ClNO2S. The standard InChI is InChI=1S/C14H8ClNO2S/c15-11-3-1-2-9-10(14(18)16-13(9)11)6-12(17)8-4-5-19-7-8/h1-7H,(H,16,18). The Morgan fingerprint density at radius 2 is 2.16 bits per heavy atom. The van der Waals surface area contributed by atoms with E-state index in [1.54, 1.807) is 29.6 Å². The van der Waals surface area contributed by atoms with E-state index in [0.717, 1.165) is 0 Å². The summed E-state index contributed by atoms with van der Waals surface area (Å²) in [5, 5.41) is 6.73. The van der Waals surface area contributed by atoms with Gasteiger partial charge in [-0.15, -0.1) is 0 Å². The van der Waals surface area contributed by atoms with Gasteiger partial charge in [-0.2, -0.15) is 11.3 Å². The van der Waals surface area contributed by atoms with Crippen molar-refractivity contribution in [1.29, 1.82) is 0 Å². The Morgan fingerprint density at radius 1 is 1.32 bits per heavy atom. The molecule has 0 atom stereocenters. The molecule has 94 valence electrons. The molecule has 1 N–H and O–H groups in total. The normalized spacial score (nSPS) is 15.4. The van der Waals surface area contributed by atoms with E-state index in [1.165, 1.54) is 17.4 Å². The molecule has 0 unspecified atom stereocenters. The average Bonchev–Trinajstić information content (AvgIpc) is 3.00. The van der Waals surface area contributed by atoms with Crippen LogP contribution in [-0.2, 0) is 4.79 Å². The molecule has 1 aliphatic heterocycles. The lowest BCUT2D eigenvalue weighted by Crippen LogP contribution is -2.05. The van der Waals surface area contributed by atoms with Crippen molar-refractivity contribution in [3.05, 3.63) is 57.3 Å². The lowest BCUT2D eigenvalue weighted by molar-refractivity contribution is -0.110. The summed E-state index contributed by atoms with van der Waals surface area (Å²) in [5.41, 5.74) is 2.18. The summed E-state index contributed by atoms with van der Waals surface area (Å²) in [5.74, 6) is -0.481. The van der Waals surface area contributed by atoms with Crippen LogP contribution in [0, 0.1) is 0 Å². The number of fused-ring (bicyclic) bond motifs is 1. The molecule has 0 radical (unpaired) electrons. The van der Waals surface area contributed by atoms with Crippen LogP contribution in [0.15, 0.2) is 41.1 Å². The van der Waals surface area contributed by atoms with E-state index in [-0.39, 0.29) is 11.7 Å². The third kappa shape index (κ3) is 2.09. The number of ketones is 1. The quantitative estimate of drug-likeness (QED) is 0.678. The van der Waals surface area contributed by atoms with Crippen LogP contribution in [0.2, 0.25) is 5.02 Å². The molecule has 3 nitrogen and oxygen atoms in total. The first-order chi connectivity index (χ1) is 9.16. The van der Waals surface area contributed by atoms with Crippen molar-refractivity contribution in [2.75, 3.05) is 5.32 Å². The highest BCUT2D eigenvalue weighted by Gasteiger charge is 2.26. The van der Waals surface area contributed by atoms with Crippen molar-refractivity contribution >= 4 is 45.9 Å². The van der Waals surface area contributed by atoms with Gasteiger partial charge in [-0.05, 0) is 23.6 Å². The van der Waals surface area contributed by atoms with Crippen LogP contribution in [0.1, 0.15) is 15.9 Å². The molecule has 0 bridgehead atoms. The van der Waals surface area contributed by atoms with Crippen LogP contribution in [0.25, 0.3) is 5.57 Å². The maximum absolute atomic E-state index is 12.0. The third-order valence-electron chi connectivity index (χ3n) is 2.87. The third-order valence-corrected chi connectivity index (χ3v) is 3.87. The molecule has 1 aromatic carbocycles. The van der Waals surface area contributed by atoms with Gasteiger partial charge in [-0.1, -0.05) is 23.7 Å². The van der Waals surface area contributed by atoms with Gasteiger partial charge in [-0.3, -0.25) is 9.59 Å². The molecule has 19 heavy (non-hydrogen) atoms. The zero-order valence-electron chi connectivity index (χ0n) is 9.64. The average molecular weight is 290 g/mol. The summed E-state index contributed by atoms with van der Waals surface area (Å²) < 4.78 is 0. The highest BCUT2D eigenvalue weighted by atomic mass is 35.5. The fraction of sp³-hybridized carbons (Fsp3) is 0. The van der Waals surface area contributed by atoms with Gasteiger partial charge in [-0.25, -0.2) is 0 Å². The summed E-state index contributed by atoms with van der Waals surface area (Å²) in [4.78, 5) is 23.9. The molecule has 1 amide bonds. The van der Waals surface area contributed by atoms with Crippen molar-refractivity contribution in [1.82, 2.24) is 0 Å². The molecule has 5 heteroatoms. The topological polar surface area (TPSA) is 46.2 Å². The molecule has 0 saturated heterocycles. The van der Waals surface area contributed by atoms with Gasteiger partial charge < -0.3 is 5.32 Å². The second-order valence-corrected chi connectivity index (χ2v) is 5.24. The molecule has 0 saturated carbocycles. The second-order valence-electron chi connectivity index (χ2n) is 4.05. The van der Waals surface area contributed by atoms with Gasteiger partial charge in [0, 0.05) is 16.5 Å². The highest BCUT2D eigenvalue weighted by molar-refractivity contribution is 7.08. The number of carbonyl (C=O) groups is 2. The fourth-order valence-electron chi connectivity index (χ4n) is 1.94. The van der Waals surface area contributed by atoms with Crippen LogP contribution in [0.3, 0.4) is 0 Å². The first-order valence-electron chi connectivity index (χ1n) is 5.55. The SMILES string of the molecule is O=C1Nc2c(Cl)cccc2C1=CC(=O)c1ccsc1. The van der Waals surface area contributed by atoms with E-state index in [4.69, 9.17) is 11.6 Å². The van der Waals surface area contributed by atoms with Crippen LogP contribution >= 0.6 is 22.9 Å². The minimum absolute atomic E-state index is 0.181. The fourth-order valence-corrected chi connectivity index (χ4v) is 2.81. The highest BCUT2D eigenvalue weighted by Crippen LogP contribution is 2.37. The zero-order valence-corrected chi connectivity index (χ0v) is 11.2. The first-order valence-corrected chi connectivity index (χ1v) is 6.87. The van der Waals surface area contributed by atoms with E-state index < -0.39 is 0 Å². The lowest BCUT2D eigenvalue weighted by Gasteiger charge is -1.99. The van der Waals surface area contributed by atoms with Crippen LogP contribution in [0.5, 0.6) is 0 Å². The molecular weight excluding hydrogens is 282 g/mol. The van der Waals surface area contributed by atoms with Crippen molar-refractivity contribution in [3.63, 3.8) is 0 Å². The number of halogens is 1. The van der Waals surface area contributed by atoms with Gasteiger partial charge >= 0.3 is 0 Å². The van der Waals surface area contributed by atoms with Gasteiger partial charge in [0.05, 0.1) is 16.3 Å². The van der Waals surface area contributed by atoms with E-state index in [0.29, 0.717) is 27.4 Å². The number of thiophene rings is 1. The van der Waals surface area contributed by atoms with Crippen molar-refractivity contribution in [2.45, 2.75) is 0 Å². The monoisotopic (exact) mass is 289 g/mol. The van der Waals surface area contributed by atoms with Crippen molar-refractivity contribution < 1.29 is 9.59 Å². The Balaban J connectivity index is 2.05. The predicted octanol–water partition coefficient (Wildman–Crippen LogP) is 3.62. The summed E-state index contributed by atoms with van der Waals surface area (Å²) in [6, 6.07) is 6.95. The summed E-state index contributed by atoms with van der Waals surface area (Å²) >= 11 is 7.45. The number of benzene rings is 1. The molecule has 2 heterocycles. The maximum atomic E-state index is 12.0. The van der Waals surface area contributed by atoms with E-state index in [9.17, 15) is 9.59 Å². The van der Waals surface area contributed by atoms with Crippen LogP contribution < -0.4 is 5.32 Å². The minimum atomic E-state index is -0.299. The summed E-state index contributed by atoms with van der Waals surface area (Å²) in [6.07, 6.45) is 1.36. The van der Waals surface area contributed by atoms with Gasteiger partial charge in [0.25, 0.3) is 5.91 Å². The van der Waals surface area contributed by atoms with Gasteiger partial charge in [0.2, 0.25) is 0 Å². The Bertz CT molecular complexity index is 704. The number of hydrogen-bond acceptors (Lipinski definition) is 3. The van der Waals surface area contributed by atoms with E-state index in [1.807, 2.05) is 5.38 Å². The Labute approximate surface area is 118 Å². The molecule has 0 spiro atoms. The second kappa shape index (κ2) is 4.64. The Kier molecular flexibility index (Phi) is 2.97. The first kappa shape index (κ1) is 12.1. The Morgan fingerprint density at radius 3 is 2.89 bits per heavy atom. The minimum Gasteiger partial charge on any atom is -0.320 e. The largest absolute Gasteiger partial charge is 0.320 e. The molecule has 3 rings (SSSR count). The van der Waals surface area contributed by atoms with Gasteiger partial charge in [0.15, 0.2) is 5.78 Å². The maximum Gasteiger partial charge on any atom is 0.256 e. The smallest absolute Gasteiger partial charge is 0.256 e. The lowest BCUT2D eigenvalue weighted by atomic mass is 10.0. The van der Waals surface area contributed by atoms with Crippen molar-refractivity contribution in [2.24, 2.45) is 0 Å². The van der Waals surface area contributed by atoms with Crippen LogP contribution in [0.4, 0.5) is 5.69 Å². The number of anilines is 1. The number of amides is 1. The zero-order chi connectivity index (χ0) is 13.4. The summed E-state index contributed by atoms with van der Waals surface area (Å²) in [6.45, 7) is 0. The number of allylic oxidation sites excluding steroid dienone is 1. The predicted molar refractivity (Wildman–Crippen MR) is 76.7 cm³/mol. The van der Waals surface area contributed by atoms with Gasteiger partial charge in [0.1, 0.15) is 0 Å². The number of nitrogens with one attached hydrogen (secondary N) is 1. The molecule has 2 aromatic rings. The molecule has 1 aromatic heterocycles. The molecule has 1 aliphatic rings. The molecule has 0 aliphatic carbocycles.